The van der Waals surface area contributed by atoms with Gasteiger partial charge in [0.2, 0.25) is 0 Å². The van der Waals surface area contributed by atoms with Crippen molar-refractivity contribution in [2.75, 3.05) is 13.2 Å². The van der Waals surface area contributed by atoms with E-state index in [4.69, 9.17) is 5.11 Å². The van der Waals surface area contributed by atoms with Gasteiger partial charge >= 0.3 is 6.09 Å². The van der Waals surface area contributed by atoms with E-state index in [2.05, 4.69) is 6.58 Å². The maximum atomic E-state index is 10.9. The first-order chi connectivity index (χ1) is 7.40. The predicted octanol–water partition coefficient (Wildman–Crippen LogP) is 2.09. The van der Waals surface area contributed by atoms with Gasteiger partial charge in [0, 0.05) is 24.6 Å². The van der Waals surface area contributed by atoms with Gasteiger partial charge in [-0.3, -0.25) is 0 Å². The van der Waals surface area contributed by atoms with Crippen LogP contribution in [0, 0.1) is 5.41 Å². The van der Waals surface area contributed by atoms with Crippen molar-refractivity contribution >= 4 is 6.09 Å². The van der Waals surface area contributed by atoms with Crippen molar-refractivity contribution in [2.24, 2.45) is 5.41 Å². The number of aliphatic hydroxyl groups excluding tert-OH is 1. The number of hydrogen-bond acceptors (Lipinski definition) is 2. The lowest BCUT2D eigenvalue weighted by Gasteiger charge is -2.44. The zero-order valence-corrected chi connectivity index (χ0v) is 10.1. The summed E-state index contributed by atoms with van der Waals surface area (Å²) in [6.45, 7) is 8.34. The van der Waals surface area contributed by atoms with Crippen LogP contribution in [0.5, 0.6) is 0 Å². The second-order valence-electron chi connectivity index (χ2n) is 5.07. The number of allylic oxidation sites excluding steroid dienone is 1. The SMILES string of the molecule is C=C(C)C[C@@]1(CO)CCN(C(=O)O)[C@H](C)C1. The lowest BCUT2D eigenvalue weighted by Crippen LogP contribution is -2.49. The Hall–Kier alpha value is -1.03. The van der Waals surface area contributed by atoms with Crippen LogP contribution in [0.25, 0.3) is 0 Å². The summed E-state index contributed by atoms with van der Waals surface area (Å²) < 4.78 is 0. The van der Waals surface area contributed by atoms with E-state index in [0.29, 0.717) is 19.4 Å². The van der Waals surface area contributed by atoms with Gasteiger partial charge in [-0.25, -0.2) is 4.79 Å². The van der Waals surface area contributed by atoms with Crippen LogP contribution in [-0.2, 0) is 0 Å². The highest BCUT2D eigenvalue weighted by molar-refractivity contribution is 5.65. The van der Waals surface area contributed by atoms with Crippen molar-refractivity contribution in [3.8, 4) is 0 Å². The molecule has 1 amide bonds. The Morgan fingerprint density at radius 2 is 2.25 bits per heavy atom. The van der Waals surface area contributed by atoms with Crippen molar-refractivity contribution in [1.29, 1.82) is 0 Å². The normalized spacial score (nSPS) is 30.2. The van der Waals surface area contributed by atoms with Crippen LogP contribution in [0.15, 0.2) is 12.2 Å². The van der Waals surface area contributed by atoms with Gasteiger partial charge in [-0.1, -0.05) is 5.57 Å². The van der Waals surface area contributed by atoms with E-state index in [1.54, 1.807) is 0 Å². The monoisotopic (exact) mass is 227 g/mol. The summed E-state index contributed by atoms with van der Waals surface area (Å²) in [5.74, 6) is 0. The molecule has 0 aromatic rings. The molecule has 0 aromatic heterocycles. The molecule has 92 valence electrons. The fraction of sp³-hybridized carbons (Fsp3) is 0.750. The van der Waals surface area contributed by atoms with Gasteiger partial charge in [0.05, 0.1) is 0 Å². The van der Waals surface area contributed by atoms with Crippen LogP contribution in [-0.4, -0.2) is 40.4 Å². The Kier molecular flexibility index (Phi) is 3.97. The summed E-state index contributed by atoms with van der Waals surface area (Å²) in [5.41, 5.74) is 0.877. The molecule has 1 saturated heterocycles. The standard InChI is InChI=1S/C12H21NO3/c1-9(2)6-12(8-14)4-5-13(11(15)16)10(3)7-12/h10,14H,1,4-8H2,2-3H3,(H,15,16)/t10-,12+/m1/s1. The van der Waals surface area contributed by atoms with Crippen LogP contribution in [0.3, 0.4) is 0 Å². The molecule has 0 saturated carbocycles. The fourth-order valence-electron chi connectivity index (χ4n) is 2.70. The Morgan fingerprint density at radius 3 is 2.62 bits per heavy atom. The first kappa shape index (κ1) is 13.0. The zero-order valence-electron chi connectivity index (χ0n) is 10.1. The van der Waals surface area contributed by atoms with E-state index in [0.717, 1.165) is 12.0 Å². The van der Waals surface area contributed by atoms with E-state index in [1.165, 1.54) is 4.90 Å². The maximum absolute atomic E-state index is 10.9. The predicted molar refractivity (Wildman–Crippen MR) is 62.4 cm³/mol. The Balaban J connectivity index is 2.73. The number of rotatable bonds is 3. The molecule has 1 aliphatic heterocycles. The third kappa shape index (κ3) is 2.76. The van der Waals surface area contributed by atoms with Gasteiger partial charge in [-0.05, 0) is 33.1 Å². The molecule has 0 aromatic carbocycles. The molecule has 4 nitrogen and oxygen atoms in total. The number of hydrogen-bond donors (Lipinski definition) is 2. The molecule has 4 heteroatoms. The summed E-state index contributed by atoms with van der Waals surface area (Å²) in [6.07, 6.45) is 1.34. The number of piperidine rings is 1. The van der Waals surface area contributed by atoms with E-state index in [9.17, 15) is 9.90 Å². The Morgan fingerprint density at radius 1 is 1.62 bits per heavy atom. The molecule has 1 rings (SSSR count). The van der Waals surface area contributed by atoms with Gasteiger partial charge in [0.15, 0.2) is 0 Å². The largest absolute Gasteiger partial charge is 0.465 e. The molecule has 2 N–H and O–H groups in total. The topological polar surface area (TPSA) is 60.8 Å². The van der Waals surface area contributed by atoms with E-state index in [-0.39, 0.29) is 18.1 Å². The smallest absolute Gasteiger partial charge is 0.407 e. The van der Waals surface area contributed by atoms with Crippen molar-refractivity contribution in [3.63, 3.8) is 0 Å². The molecule has 16 heavy (non-hydrogen) atoms. The molecule has 0 spiro atoms. The molecule has 1 fully saturated rings. The zero-order chi connectivity index (χ0) is 12.3. The highest BCUT2D eigenvalue weighted by Crippen LogP contribution is 2.39. The minimum atomic E-state index is -0.866. The number of aliphatic hydroxyl groups is 1. The highest BCUT2D eigenvalue weighted by Gasteiger charge is 2.39. The van der Waals surface area contributed by atoms with Crippen molar-refractivity contribution in [3.05, 3.63) is 12.2 Å². The summed E-state index contributed by atoms with van der Waals surface area (Å²) in [4.78, 5) is 12.4. The van der Waals surface area contributed by atoms with Crippen LogP contribution >= 0.6 is 0 Å². The molecule has 1 aliphatic rings. The molecule has 0 radical (unpaired) electrons. The number of carboxylic acid groups (broad SMARTS) is 1. The first-order valence-corrected chi connectivity index (χ1v) is 5.65. The van der Waals surface area contributed by atoms with Crippen molar-refractivity contribution < 1.29 is 15.0 Å². The lowest BCUT2D eigenvalue weighted by molar-refractivity contribution is 0.0184. The van der Waals surface area contributed by atoms with Crippen molar-refractivity contribution in [2.45, 2.75) is 39.2 Å². The molecular weight excluding hydrogens is 206 g/mol. The molecule has 0 bridgehead atoms. The summed E-state index contributed by atoms with van der Waals surface area (Å²) in [7, 11) is 0. The third-order valence-corrected chi connectivity index (χ3v) is 3.40. The fourth-order valence-corrected chi connectivity index (χ4v) is 2.70. The quantitative estimate of drug-likeness (QED) is 0.726. The van der Waals surface area contributed by atoms with Crippen LogP contribution in [0.2, 0.25) is 0 Å². The maximum Gasteiger partial charge on any atom is 0.407 e. The molecule has 0 aliphatic carbocycles. The second kappa shape index (κ2) is 4.87. The van der Waals surface area contributed by atoms with Crippen LogP contribution < -0.4 is 0 Å². The van der Waals surface area contributed by atoms with Gasteiger partial charge < -0.3 is 15.1 Å². The minimum absolute atomic E-state index is 0.0299. The minimum Gasteiger partial charge on any atom is -0.465 e. The number of carbonyl (C=O) groups is 1. The second-order valence-corrected chi connectivity index (χ2v) is 5.07. The number of likely N-dealkylation sites (tertiary alicyclic amines) is 1. The van der Waals surface area contributed by atoms with Crippen LogP contribution in [0.1, 0.15) is 33.1 Å². The number of amides is 1. The van der Waals surface area contributed by atoms with E-state index >= 15 is 0 Å². The van der Waals surface area contributed by atoms with Crippen LogP contribution in [0.4, 0.5) is 4.79 Å². The average Bonchev–Trinajstić information content (AvgIpc) is 2.16. The van der Waals surface area contributed by atoms with Gasteiger partial charge in [0.25, 0.3) is 0 Å². The van der Waals surface area contributed by atoms with Gasteiger partial charge in [-0.2, -0.15) is 0 Å². The number of nitrogens with zero attached hydrogens (tertiary/aromatic N) is 1. The molecule has 0 unspecified atom stereocenters. The summed E-state index contributed by atoms with van der Waals surface area (Å²) in [6, 6.07) is -0.0299. The molecule has 1 heterocycles. The first-order valence-electron chi connectivity index (χ1n) is 5.65. The third-order valence-electron chi connectivity index (χ3n) is 3.40. The lowest BCUT2D eigenvalue weighted by atomic mass is 9.72. The van der Waals surface area contributed by atoms with Gasteiger partial charge in [0.1, 0.15) is 0 Å². The van der Waals surface area contributed by atoms with Gasteiger partial charge in [-0.15, -0.1) is 6.58 Å². The van der Waals surface area contributed by atoms with E-state index in [1.807, 2.05) is 13.8 Å². The average molecular weight is 227 g/mol. The Labute approximate surface area is 96.6 Å². The Bertz CT molecular complexity index is 290. The summed E-state index contributed by atoms with van der Waals surface area (Å²) >= 11 is 0. The van der Waals surface area contributed by atoms with E-state index < -0.39 is 6.09 Å². The van der Waals surface area contributed by atoms with Crippen molar-refractivity contribution in [1.82, 2.24) is 4.90 Å². The molecule has 2 atom stereocenters. The molecular formula is C12H21NO3. The summed E-state index contributed by atoms with van der Waals surface area (Å²) in [5, 5.41) is 18.5. The highest BCUT2D eigenvalue weighted by atomic mass is 16.4.